The van der Waals surface area contributed by atoms with Gasteiger partial charge in [0.25, 0.3) is 0 Å². The SMILES string of the molecule is Cc1cc(=O)c2c(O)c3c(cc2o1)OC(C)(C)[C@@H]1OC(=O)[C@@]2(CCCC[C@@H]31)O[C@@H]2CCc1cc(N)nc(-c2cc(N)nc(CN3C=C4C=CN=C4C3)c2)c1. The van der Waals surface area contributed by atoms with E-state index in [4.69, 9.17) is 30.1 Å². The molecule has 4 atom stereocenters. The van der Waals surface area contributed by atoms with Gasteiger partial charge in [-0.1, -0.05) is 6.42 Å². The predicted octanol–water partition coefficient (Wildman–Crippen LogP) is 5.61. The van der Waals surface area contributed by atoms with E-state index in [1.165, 1.54) is 6.07 Å². The van der Waals surface area contributed by atoms with E-state index in [0.717, 1.165) is 47.5 Å². The van der Waals surface area contributed by atoms with E-state index < -0.39 is 29.2 Å². The number of ether oxygens (including phenoxy) is 3. The number of aryl methyl sites for hydroxylation is 2. The van der Waals surface area contributed by atoms with Gasteiger partial charge in [-0.3, -0.25) is 9.79 Å². The van der Waals surface area contributed by atoms with Crippen LogP contribution in [0.1, 0.15) is 74.5 Å². The van der Waals surface area contributed by atoms with E-state index in [0.29, 0.717) is 66.6 Å². The number of nitrogens with zero attached hydrogens (tertiary/aromatic N) is 4. The molecule has 1 spiro atoms. The van der Waals surface area contributed by atoms with Crippen molar-refractivity contribution in [3.8, 4) is 22.8 Å². The first kappa shape index (κ1) is 34.1. The predicted molar refractivity (Wildman–Crippen MR) is 202 cm³/mol. The maximum atomic E-state index is 14.1. The highest BCUT2D eigenvalue weighted by atomic mass is 16.7. The summed E-state index contributed by atoms with van der Waals surface area (Å²) in [5.74, 6) is 0.610. The van der Waals surface area contributed by atoms with Gasteiger partial charge in [0.2, 0.25) is 0 Å². The summed E-state index contributed by atoms with van der Waals surface area (Å²) in [5, 5.41) is 11.6. The molecule has 5 aliphatic rings. The van der Waals surface area contributed by atoms with Crippen LogP contribution in [0.5, 0.6) is 11.5 Å². The van der Waals surface area contributed by atoms with Gasteiger partial charge in [-0.05, 0) is 88.8 Å². The number of rotatable bonds is 6. The number of phenolic OH excluding ortho intramolecular Hbond substituents is 1. The van der Waals surface area contributed by atoms with E-state index in [-0.39, 0.29) is 28.3 Å². The third-order valence-electron chi connectivity index (χ3n) is 11.3. The number of allylic oxidation sites excluding steroid dienone is 1. The van der Waals surface area contributed by atoms with Gasteiger partial charge in [-0.25, -0.2) is 14.8 Å². The molecule has 0 radical (unpaired) electrons. The number of fused-ring (bicyclic) bond motifs is 5. The van der Waals surface area contributed by atoms with Gasteiger partial charge in [0.15, 0.2) is 11.0 Å². The molecule has 5 aliphatic heterocycles. The van der Waals surface area contributed by atoms with E-state index in [2.05, 4.69) is 26.1 Å². The molecule has 4 aromatic rings. The number of nitrogens with two attached hydrogens (primary N) is 2. The van der Waals surface area contributed by atoms with Gasteiger partial charge in [-0.2, -0.15) is 0 Å². The third-order valence-corrected chi connectivity index (χ3v) is 11.3. The monoisotopic (exact) mass is 730 g/mol. The summed E-state index contributed by atoms with van der Waals surface area (Å²) in [5.41, 5.74) is 16.4. The number of esters is 1. The summed E-state index contributed by atoms with van der Waals surface area (Å²) in [7, 11) is 0. The molecular formula is C41H42N6O7. The molecule has 0 unspecified atom stereocenters. The first-order chi connectivity index (χ1) is 25.9. The van der Waals surface area contributed by atoms with Crippen LogP contribution < -0.4 is 21.6 Å². The number of aliphatic imine (C=N–C) groups is 1. The molecule has 0 amide bonds. The van der Waals surface area contributed by atoms with E-state index in [1.807, 2.05) is 44.3 Å². The normalized spacial score (nSPS) is 25.1. The van der Waals surface area contributed by atoms with Crippen molar-refractivity contribution in [3.05, 3.63) is 93.3 Å². The number of pyridine rings is 2. The van der Waals surface area contributed by atoms with Gasteiger partial charge < -0.3 is 40.1 Å². The number of hydrogen-bond donors (Lipinski definition) is 3. The molecule has 0 aliphatic carbocycles. The number of carbonyl (C=O) groups excluding carboxylic acids is 1. The van der Waals surface area contributed by atoms with Crippen molar-refractivity contribution >= 4 is 34.3 Å². The molecule has 0 bridgehead atoms. The summed E-state index contributed by atoms with van der Waals surface area (Å²) in [6.07, 6.45) is 8.61. The fourth-order valence-corrected chi connectivity index (χ4v) is 8.75. The topological polar surface area (TPSA) is 192 Å². The fourth-order valence-electron chi connectivity index (χ4n) is 8.75. The molecule has 0 saturated carbocycles. The number of phenols is 1. The molecular weight excluding hydrogens is 688 g/mol. The molecule has 278 valence electrons. The molecule has 13 heteroatoms. The molecule has 5 N–H and O–H groups in total. The van der Waals surface area contributed by atoms with Gasteiger partial charge in [0.05, 0.1) is 36.3 Å². The molecule has 9 rings (SSSR count). The average molecular weight is 731 g/mol. The summed E-state index contributed by atoms with van der Waals surface area (Å²) in [4.78, 5) is 42.8. The van der Waals surface area contributed by atoms with Crippen LogP contribution in [0.4, 0.5) is 11.6 Å². The molecule has 2 saturated heterocycles. The number of nitrogen functional groups attached to an aromatic ring is 2. The highest BCUT2D eigenvalue weighted by Crippen LogP contribution is 2.53. The van der Waals surface area contributed by atoms with Crippen LogP contribution in [0.25, 0.3) is 22.2 Å². The molecule has 2 fully saturated rings. The fraction of sp³-hybridized carbons (Fsp3) is 0.390. The van der Waals surface area contributed by atoms with Crippen molar-refractivity contribution in [2.75, 3.05) is 18.0 Å². The Morgan fingerprint density at radius 3 is 2.70 bits per heavy atom. The smallest absolute Gasteiger partial charge is 0.341 e. The minimum Gasteiger partial charge on any atom is -0.507 e. The number of aromatic hydroxyl groups is 1. The lowest BCUT2D eigenvalue weighted by Crippen LogP contribution is -2.52. The standard InChI is InChI=1S/C41H42N6O7/c1-21-12-29(48)36-30(51-21)17-31-35(37(36)49)26-6-4-5-10-41(39(50)52-38(26)40(2,3)53-31)32(54-41)8-7-22-13-27(46-33(42)14-22)24-15-25(45-34(43)16-24)19-47-18-23-9-11-44-28(23)20-47/h9,11-18,26,32,38,49H,4-8,10,19-20H2,1-3H3,(H2,42,46)(H2,43,45)/t26-,32+,38+,41-/m0/s1. The van der Waals surface area contributed by atoms with Crippen LogP contribution >= 0.6 is 0 Å². The number of anilines is 2. The number of aromatic nitrogens is 2. The Labute approximate surface area is 311 Å². The van der Waals surface area contributed by atoms with Crippen LogP contribution in [0, 0.1) is 6.92 Å². The zero-order chi connectivity index (χ0) is 37.5. The minimum absolute atomic E-state index is 0.0953. The lowest BCUT2D eigenvalue weighted by Gasteiger charge is -2.44. The maximum absolute atomic E-state index is 14.1. The Hall–Kier alpha value is -5.69. The molecule has 1 aromatic carbocycles. The average Bonchev–Trinajstić information content (AvgIpc) is 3.38. The van der Waals surface area contributed by atoms with Gasteiger partial charge in [0.1, 0.15) is 51.6 Å². The zero-order valence-corrected chi connectivity index (χ0v) is 30.4. The van der Waals surface area contributed by atoms with E-state index >= 15 is 0 Å². The lowest BCUT2D eigenvalue weighted by molar-refractivity contribution is -0.170. The Morgan fingerprint density at radius 1 is 1.04 bits per heavy atom. The first-order valence-corrected chi connectivity index (χ1v) is 18.5. The molecule has 3 aromatic heterocycles. The second-order valence-electron chi connectivity index (χ2n) is 15.6. The van der Waals surface area contributed by atoms with Crippen LogP contribution in [-0.4, -0.2) is 61.6 Å². The first-order valence-electron chi connectivity index (χ1n) is 18.5. The van der Waals surface area contributed by atoms with Crippen LogP contribution in [-0.2, 0) is 27.2 Å². The van der Waals surface area contributed by atoms with Crippen molar-refractivity contribution in [3.63, 3.8) is 0 Å². The Morgan fingerprint density at radius 2 is 1.87 bits per heavy atom. The number of carbonyl (C=O) groups is 1. The van der Waals surface area contributed by atoms with Gasteiger partial charge in [-0.15, -0.1) is 0 Å². The Bertz CT molecular complexity index is 2400. The summed E-state index contributed by atoms with van der Waals surface area (Å²) in [6.45, 7) is 6.72. The summed E-state index contributed by atoms with van der Waals surface area (Å²) in [6, 6.07) is 10.6. The lowest BCUT2D eigenvalue weighted by atomic mass is 9.77. The highest BCUT2D eigenvalue weighted by Gasteiger charge is 2.64. The van der Waals surface area contributed by atoms with Crippen molar-refractivity contribution in [1.29, 1.82) is 0 Å². The largest absolute Gasteiger partial charge is 0.507 e. The Balaban J connectivity index is 0.921. The number of benzene rings is 1. The van der Waals surface area contributed by atoms with Crippen molar-refractivity contribution in [2.24, 2.45) is 4.99 Å². The third kappa shape index (κ3) is 5.87. The highest BCUT2D eigenvalue weighted by molar-refractivity contribution is 6.07. The van der Waals surface area contributed by atoms with Crippen LogP contribution in [0.3, 0.4) is 0 Å². The second kappa shape index (κ2) is 12.4. The van der Waals surface area contributed by atoms with Gasteiger partial charge in [0, 0.05) is 47.2 Å². The molecule has 54 heavy (non-hydrogen) atoms. The maximum Gasteiger partial charge on any atom is 0.341 e. The van der Waals surface area contributed by atoms with Crippen LogP contribution in [0.2, 0.25) is 0 Å². The molecule has 13 nitrogen and oxygen atoms in total. The van der Waals surface area contributed by atoms with Crippen molar-refractivity contribution < 1.29 is 28.5 Å². The van der Waals surface area contributed by atoms with E-state index in [9.17, 15) is 14.7 Å². The van der Waals surface area contributed by atoms with Gasteiger partial charge >= 0.3 is 5.97 Å². The Kier molecular flexibility index (Phi) is 7.86. The zero-order valence-electron chi connectivity index (χ0n) is 30.4. The summed E-state index contributed by atoms with van der Waals surface area (Å²) >= 11 is 0. The second-order valence-corrected chi connectivity index (χ2v) is 15.6. The van der Waals surface area contributed by atoms with Crippen molar-refractivity contribution in [1.82, 2.24) is 14.9 Å². The number of hydrogen-bond acceptors (Lipinski definition) is 13. The summed E-state index contributed by atoms with van der Waals surface area (Å²) < 4.78 is 24.8. The number of epoxide rings is 1. The van der Waals surface area contributed by atoms with Crippen LogP contribution in [0.15, 0.2) is 74.7 Å². The minimum atomic E-state index is -1.07. The quantitative estimate of drug-likeness (QED) is 0.164. The van der Waals surface area contributed by atoms with E-state index in [1.54, 1.807) is 19.1 Å². The van der Waals surface area contributed by atoms with Crippen molar-refractivity contribution in [2.45, 2.75) is 95.2 Å². The molecule has 8 heterocycles.